The summed E-state index contributed by atoms with van der Waals surface area (Å²) in [7, 11) is 0. The molecule has 1 aliphatic heterocycles. The highest BCUT2D eigenvalue weighted by atomic mass is 19.1. The predicted octanol–water partition coefficient (Wildman–Crippen LogP) is 4.26. The van der Waals surface area contributed by atoms with Crippen molar-refractivity contribution < 1.29 is 13.9 Å². The molecule has 1 aromatic rings. The summed E-state index contributed by atoms with van der Waals surface area (Å²) in [5.74, 6) is 0.265. The summed E-state index contributed by atoms with van der Waals surface area (Å²) in [5, 5.41) is 0. The van der Waals surface area contributed by atoms with Crippen LogP contribution in [-0.2, 0) is 9.53 Å². The molecule has 0 radical (unpaired) electrons. The maximum atomic E-state index is 12.8. The molecular weight excluding hydrogens is 243 g/mol. The molecule has 2 fully saturated rings. The highest BCUT2D eigenvalue weighted by Crippen LogP contribution is 2.44. The molecule has 3 rings (SSSR count). The number of benzene rings is 1. The average Bonchev–Trinajstić information content (AvgIpc) is 2.91. The molecule has 0 aromatic heterocycles. The number of hydrogen-bond donors (Lipinski definition) is 0. The van der Waals surface area contributed by atoms with Gasteiger partial charge in [-0.3, -0.25) is 4.79 Å². The monoisotopic (exact) mass is 264 g/mol. The molecule has 0 N–H and O–H groups in total. The molecule has 19 heavy (non-hydrogen) atoms. The molecule has 1 saturated heterocycles. The third-order valence-corrected chi connectivity index (χ3v) is 3.98. The third kappa shape index (κ3) is 2.96. The van der Waals surface area contributed by atoms with Gasteiger partial charge in [-0.05, 0) is 42.9 Å². The van der Waals surface area contributed by atoms with Gasteiger partial charge in [0.2, 0.25) is 0 Å². The Morgan fingerprint density at radius 1 is 1.16 bits per heavy atom. The zero-order chi connectivity index (χ0) is 13.8. The zero-order valence-corrected chi connectivity index (χ0v) is 11.6. The normalized spacial score (nSPS) is 29.0. The van der Waals surface area contributed by atoms with Crippen molar-refractivity contribution in [2.75, 3.05) is 0 Å². The summed E-state index contributed by atoms with van der Waals surface area (Å²) < 4.78 is 18.3. The van der Waals surface area contributed by atoms with Gasteiger partial charge in [0.1, 0.15) is 11.9 Å². The lowest BCUT2D eigenvalue weighted by molar-refractivity contribution is -0.163. The van der Waals surface area contributed by atoms with Crippen LogP contribution in [0.2, 0.25) is 0 Å². The van der Waals surface area contributed by atoms with E-state index >= 15 is 0 Å². The number of cyclic esters (lactones) is 1. The van der Waals surface area contributed by atoms with Crippen LogP contribution in [0.4, 0.5) is 4.39 Å². The molecule has 1 aromatic carbocycles. The van der Waals surface area contributed by atoms with Crippen LogP contribution in [0, 0.1) is 17.7 Å². The van der Waals surface area contributed by atoms with E-state index in [1.54, 1.807) is 12.1 Å². The van der Waals surface area contributed by atoms with Gasteiger partial charge in [0.05, 0.1) is 5.92 Å². The van der Waals surface area contributed by atoms with Gasteiger partial charge >= 0.3 is 5.97 Å². The van der Waals surface area contributed by atoms with E-state index in [1.165, 1.54) is 12.1 Å². The number of hydrogen-bond acceptors (Lipinski definition) is 2. The van der Waals surface area contributed by atoms with Crippen LogP contribution in [0.3, 0.4) is 0 Å². The average molecular weight is 264 g/mol. The fourth-order valence-electron chi connectivity index (χ4n) is 3.06. The molecule has 1 heterocycles. The first-order valence-corrected chi connectivity index (χ1v) is 7.20. The maximum absolute atomic E-state index is 12.8. The summed E-state index contributed by atoms with van der Waals surface area (Å²) in [6.07, 6.45) is 3.93. The molecule has 3 heteroatoms. The second-order valence-electron chi connectivity index (χ2n) is 5.01. The lowest BCUT2D eigenvalue weighted by atomic mass is 9.86. The van der Waals surface area contributed by atoms with E-state index in [9.17, 15) is 9.18 Å². The van der Waals surface area contributed by atoms with Gasteiger partial charge in [0.25, 0.3) is 0 Å². The van der Waals surface area contributed by atoms with Crippen molar-refractivity contribution in [2.45, 2.75) is 45.6 Å². The molecule has 3 atom stereocenters. The second-order valence-corrected chi connectivity index (χ2v) is 5.01. The van der Waals surface area contributed by atoms with Gasteiger partial charge < -0.3 is 4.74 Å². The molecule has 2 unspecified atom stereocenters. The minimum atomic E-state index is -0.255. The Hall–Kier alpha value is -1.38. The van der Waals surface area contributed by atoms with Crippen molar-refractivity contribution in [3.8, 4) is 0 Å². The van der Waals surface area contributed by atoms with Crippen LogP contribution in [0.25, 0.3) is 0 Å². The molecule has 0 bridgehead atoms. The van der Waals surface area contributed by atoms with E-state index in [1.807, 2.05) is 13.8 Å². The van der Waals surface area contributed by atoms with E-state index in [0.717, 1.165) is 31.2 Å². The summed E-state index contributed by atoms with van der Waals surface area (Å²) >= 11 is 0. The van der Waals surface area contributed by atoms with Crippen molar-refractivity contribution in [1.29, 1.82) is 0 Å². The SMILES string of the molecule is CC.O=C1O[C@@H](c2ccc(F)cc2)CC2CCCC12. The van der Waals surface area contributed by atoms with Gasteiger partial charge in [0, 0.05) is 0 Å². The Kier molecular flexibility index (Phi) is 4.56. The number of rotatable bonds is 1. The molecular formula is C16H21FO2. The maximum Gasteiger partial charge on any atom is 0.309 e. The Labute approximate surface area is 114 Å². The van der Waals surface area contributed by atoms with E-state index in [0.29, 0.717) is 5.92 Å². The highest BCUT2D eigenvalue weighted by Gasteiger charge is 2.41. The third-order valence-electron chi connectivity index (χ3n) is 3.98. The Bertz CT molecular complexity index is 427. The van der Waals surface area contributed by atoms with E-state index < -0.39 is 0 Å². The van der Waals surface area contributed by atoms with E-state index in [-0.39, 0.29) is 23.8 Å². The fraction of sp³-hybridized carbons (Fsp3) is 0.562. The largest absolute Gasteiger partial charge is 0.457 e. The number of halogens is 1. The summed E-state index contributed by atoms with van der Waals surface area (Å²) in [6.45, 7) is 4.00. The van der Waals surface area contributed by atoms with E-state index in [4.69, 9.17) is 4.74 Å². The Morgan fingerprint density at radius 2 is 1.84 bits per heavy atom. The van der Waals surface area contributed by atoms with Crippen molar-refractivity contribution in [3.63, 3.8) is 0 Å². The Balaban J connectivity index is 0.000000637. The lowest BCUT2D eigenvalue weighted by Crippen LogP contribution is -2.30. The van der Waals surface area contributed by atoms with Crippen molar-refractivity contribution in [1.82, 2.24) is 0 Å². The van der Waals surface area contributed by atoms with Crippen LogP contribution in [0.15, 0.2) is 24.3 Å². The van der Waals surface area contributed by atoms with Crippen LogP contribution in [0.1, 0.15) is 51.2 Å². The summed E-state index contributed by atoms with van der Waals surface area (Å²) in [6, 6.07) is 6.26. The van der Waals surface area contributed by atoms with Gasteiger partial charge in [-0.1, -0.05) is 32.4 Å². The minimum absolute atomic E-state index is 0.0620. The van der Waals surface area contributed by atoms with Crippen molar-refractivity contribution >= 4 is 5.97 Å². The number of fused-ring (bicyclic) bond motifs is 1. The smallest absolute Gasteiger partial charge is 0.309 e. The van der Waals surface area contributed by atoms with Crippen LogP contribution >= 0.6 is 0 Å². The Morgan fingerprint density at radius 3 is 2.53 bits per heavy atom. The molecule has 0 amide bonds. The standard InChI is InChI=1S/C14H15FO2.C2H6/c15-11-6-4-9(5-7-11)13-8-10-2-1-3-12(10)14(16)17-13;1-2/h4-7,10,12-13H,1-3,8H2;1-2H3/t10?,12?,13-;/m1./s1. The fourth-order valence-corrected chi connectivity index (χ4v) is 3.06. The van der Waals surface area contributed by atoms with E-state index in [2.05, 4.69) is 0 Å². The molecule has 104 valence electrons. The molecule has 2 nitrogen and oxygen atoms in total. The topological polar surface area (TPSA) is 26.3 Å². The number of carbonyl (C=O) groups excluding carboxylic acids is 1. The predicted molar refractivity (Wildman–Crippen MR) is 72.0 cm³/mol. The first-order valence-electron chi connectivity index (χ1n) is 7.20. The number of carbonyl (C=O) groups is 1. The molecule has 1 saturated carbocycles. The van der Waals surface area contributed by atoms with Gasteiger partial charge in [0.15, 0.2) is 0 Å². The van der Waals surface area contributed by atoms with Crippen molar-refractivity contribution in [3.05, 3.63) is 35.6 Å². The van der Waals surface area contributed by atoms with Crippen LogP contribution in [0.5, 0.6) is 0 Å². The van der Waals surface area contributed by atoms with Gasteiger partial charge in [-0.25, -0.2) is 4.39 Å². The number of ether oxygens (including phenoxy) is 1. The summed E-state index contributed by atoms with van der Waals surface area (Å²) in [5.41, 5.74) is 0.908. The minimum Gasteiger partial charge on any atom is -0.457 e. The molecule has 1 aliphatic carbocycles. The molecule has 2 aliphatic rings. The van der Waals surface area contributed by atoms with Crippen molar-refractivity contribution in [2.24, 2.45) is 11.8 Å². The van der Waals surface area contributed by atoms with Gasteiger partial charge in [-0.2, -0.15) is 0 Å². The quantitative estimate of drug-likeness (QED) is 0.708. The summed E-state index contributed by atoms with van der Waals surface area (Å²) in [4.78, 5) is 11.8. The molecule has 0 spiro atoms. The lowest BCUT2D eigenvalue weighted by Gasteiger charge is -2.31. The second kappa shape index (κ2) is 6.18. The van der Waals surface area contributed by atoms with Crippen LogP contribution < -0.4 is 0 Å². The first-order chi connectivity index (χ1) is 9.24. The van der Waals surface area contributed by atoms with Gasteiger partial charge in [-0.15, -0.1) is 0 Å². The zero-order valence-electron chi connectivity index (χ0n) is 11.6. The highest BCUT2D eigenvalue weighted by molar-refractivity contribution is 5.74. The number of esters is 1. The van der Waals surface area contributed by atoms with Crippen LogP contribution in [-0.4, -0.2) is 5.97 Å². The first kappa shape index (κ1) is 14.0.